The Hall–Kier alpha value is -6.55. The van der Waals surface area contributed by atoms with Crippen LogP contribution in [0.15, 0.2) is 66.7 Å². The lowest BCUT2D eigenvalue weighted by molar-refractivity contribution is -0.139. The summed E-state index contributed by atoms with van der Waals surface area (Å²) in [7, 11) is -3.68. The lowest BCUT2D eigenvalue weighted by Crippen LogP contribution is -2.52. The van der Waals surface area contributed by atoms with E-state index in [1.165, 1.54) is 9.21 Å². The molecule has 19 nitrogen and oxygen atoms in total. The molecule has 4 heterocycles. The number of esters is 1. The van der Waals surface area contributed by atoms with Gasteiger partial charge in [-0.05, 0) is 112 Å². The normalized spacial score (nSPS) is 16.4. The number of unbranched alkanes of at least 4 members (excludes halogenated alkanes) is 3. The standard InChI is InChI=1S/C51H60ClN7O12S2/c1-51(2,3)71-50(67)47-45(70-29-43(63)64)44(52)46(72-47)32-11-9-13-37(25-32)55-34-19-22-58(23-20-34)73(68,69)30-31-10-8-12-36(24-31)56-40(60)14-6-4-5-7-21-53-42(62)27-54-35-15-16-38-33(26-35)28-59(49(38)66)39-17-18-41(61)57-48(39)65/h8-13,15-16,24-26,34,39,54-55H,4-7,14,17-23,27-30H2,1-3H3,(H,53,62)(H,56,60)(H,63,64)(H,57,61,65). The number of benzene rings is 3. The van der Waals surface area contributed by atoms with Crippen molar-refractivity contribution in [3.05, 3.63) is 93.3 Å². The highest BCUT2D eigenvalue weighted by atomic mass is 35.5. The SMILES string of the molecule is CC(C)(C)OC(=O)c1sc(-c2cccc(NC3CCN(S(=O)(=O)Cc4cccc(NC(=O)CCCCCCNC(=O)CNc5ccc6c(c5)CN(C5CCC(=O)NC5=O)C6=O)c4)CC3)c2)c(Cl)c1OCC(=O)O. The number of hydrogen-bond donors (Lipinski definition) is 6. The van der Waals surface area contributed by atoms with Crippen LogP contribution in [0.25, 0.3) is 10.4 Å². The number of thiophene rings is 1. The van der Waals surface area contributed by atoms with E-state index in [0.717, 1.165) is 41.9 Å². The molecule has 3 aliphatic rings. The largest absolute Gasteiger partial charge is 0.479 e. The molecule has 0 bridgehead atoms. The van der Waals surface area contributed by atoms with E-state index in [1.54, 1.807) is 63.2 Å². The highest BCUT2D eigenvalue weighted by molar-refractivity contribution is 7.88. The van der Waals surface area contributed by atoms with Crippen LogP contribution in [0.3, 0.4) is 0 Å². The van der Waals surface area contributed by atoms with E-state index >= 15 is 0 Å². The summed E-state index contributed by atoms with van der Waals surface area (Å²) in [6.45, 7) is 5.80. The minimum absolute atomic E-state index is 0.0300. The summed E-state index contributed by atoms with van der Waals surface area (Å²) in [5.41, 5.74) is 3.55. The quantitative estimate of drug-likeness (QED) is 0.0270. The molecule has 2 fully saturated rings. The van der Waals surface area contributed by atoms with Crippen LogP contribution in [0, 0.1) is 0 Å². The van der Waals surface area contributed by atoms with Gasteiger partial charge in [-0.25, -0.2) is 22.3 Å². The van der Waals surface area contributed by atoms with Crippen molar-refractivity contribution in [2.45, 2.75) is 109 Å². The number of fused-ring (bicyclic) bond motifs is 1. The molecule has 0 saturated carbocycles. The molecule has 1 unspecified atom stereocenters. The zero-order valence-electron chi connectivity index (χ0n) is 40.8. The van der Waals surface area contributed by atoms with Gasteiger partial charge in [0.15, 0.2) is 17.2 Å². The number of ether oxygens (including phenoxy) is 2. The fourth-order valence-electron chi connectivity index (χ4n) is 8.75. The Morgan fingerprint density at radius 2 is 1.63 bits per heavy atom. The van der Waals surface area contributed by atoms with Crippen LogP contribution >= 0.6 is 22.9 Å². The number of carboxylic acids is 1. The second-order valence-corrected chi connectivity index (χ2v) is 22.5. The van der Waals surface area contributed by atoms with Crippen molar-refractivity contribution in [2.75, 3.05) is 48.7 Å². The Balaban J connectivity index is 0.787. The lowest BCUT2D eigenvalue weighted by Gasteiger charge is -2.32. The number of hydrogen-bond acceptors (Lipinski definition) is 14. The van der Waals surface area contributed by atoms with Gasteiger partial charge in [-0.3, -0.25) is 29.3 Å². The van der Waals surface area contributed by atoms with Crippen LogP contribution in [0.5, 0.6) is 5.75 Å². The van der Waals surface area contributed by atoms with Crippen molar-refractivity contribution >= 4 is 91.5 Å². The molecule has 0 spiro atoms. The van der Waals surface area contributed by atoms with Gasteiger partial charge in [0, 0.05) is 67.7 Å². The van der Waals surface area contributed by atoms with Gasteiger partial charge in [-0.1, -0.05) is 48.7 Å². The second-order valence-electron chi connectivity index (χ2n) is 19.1. The summed E-state index contributed by atoms with van der Waals surface area (Å²) in [5, 5.41) is 23.9. The number of nitrogens with one attached hydrogen (secondary N) is 5. The molecule has 73 heavy (non-hydrogen) atoms. The zero-order valence-corrected chi connectivity index (χ0v) is 43.2. The van der Waals surface area contributed by atoms with E-state index < -0.39 is 46.1 Å². The first kappa shape index (κ1) is 54.2. The molecule has 6 N–H and O–H groups in total. The molecule has 3 aliphatic heterocycles. The maximum absolute atomic E-state index is 13.6. The Labute approximate surface area is 432 Å². The van der Waals surface area contributed by atoms with E-state index in [0.29, 0.717) is 71.8 Å². The van der Waals surface area contributed by atoms with Gasteiger partial charge >= 0.3 is 11.9 Å². The van der Waals surface area contributed by atoms with Crippen LogP contribution < -0.4 is 31.3 Å². The van der Waals surface area contributed by atoms with Crippen molar-refractivity contribution in [3.63, 3.8) is 0 Å². The number of imide groups is 1. The number of nitrogens with zero attached hydrogens (tertiary/aromatic N) is 2. The molecule has 7 rings (SSSR count). The molecular weight excluding hydrogens is 1000 g/mol. The number of piperidine rings is 2. The smallest absolute Gasteiger partial charge is 0.352 e. The third-order valence-electron chi connectivity index (χ3n) is 12.3. The van der Waals surface area contributed by atoms with E-state index in [-0.39, 0.29) is 83.4 Å². The van der Waals surface area contributed by atoms with Crippen LogP contribution in [0.2, 0.25) is 5.02 Å². The first-order chi connectivity index (χ1) is 34.7. The van der Waals surface area contributed by atoms with Gasteiger partial charge in [0.05, 0.1) is 17.2 Å². The third-order valence-corrected chi connectivity index (χ3v) is 15.8. The van der Waals surface area contributed by atoms with Crippen LogP contribution in [-0.4, -0.2) is 115 Å². The molecule has 0 radical (unpaired) electrons. The number of carboxylic acid groups (broad SMARTS) is 1. The van der Waals surface area contributed by atoms with Gasteiger partial charge in [-0.15, -0.1) is 11.3 Å². The summed E-state index contributed by atoms with van der Waals surface area (Å²) < 4.78 is 39.6. The number of sulfonamides is 1. The Bertz CT molecular complexity index is 2860. The lowest BCUT2D eigenvalue weighted by atomic mass is 10.0. The van der Waals surface area contributed by atoms with E-state index in [1.807, 2.05) is 24.3 Å². The van der Waals surface area contributed by atoms with E-state index in [4.69, 9.17) is 21.1 Å². The molecular formula is C51H60ClN7O12S2. The predicted molar refractivity (Wildman–Crippen MR) is 276 cm³/mol. The van der Waals surface area contributed by atoms with Gasteiger partial charge in [0.1, 0.15) is 16.7 Å². The van der Waals surface area contributed by atoms with Gasteiger partial charge in [0.25, 0.3) is 5.91 Å². The number of amides is 5. The summed E-state index contributed by atoms with van der Waals surface area (Å²) in [4.78, 5) is 88.5. The minimum Gasteiger partial charge on any atom is -0.479 e. The van der Waals surface area contributed by atoms with Crippen molar-refractivity contribution in [2.24, 2.45) is 0 Å². The van der Waals surface area contributed by atoms with Gasteiger partial charge in [0.2, 0.25) is 33.7 Å². The molecule has 390 valence electrons. The summed E-state index contributed by atoms with van der Waals surface area (Å²) in [5.74, 6) is -3.66. The summed E-state index contributed by atoms with van der Waals surface area (Å²) >= 11 is 7.74. The average molecular weight is 1060 g/mol. The Kier molecular flexibility index (Phi) is 17.8. The van der Waals surface area contributed by atoms with Crippen molar-refractivity contribution in [1.29, 1.82) is 0 Å². The monoisotopic (exact) mass is 1060 g/mol. The molecule has 22 heteroatoms. The first-order valence-corrected chi connectivity index (χ1v) is 27.0. The molecule has 1 atom stereocenters. The molecule has 3 aromatic carbocycles. The maximum Gasteiger partial charge on any atom is 0.352 e. The fourth-order valence-corrected chi connectivity index (χ4v) is 11.7. The van der Waals surface area contributed by atoms with Crippen molar-refractivity contribution in [1.82, 2.24) is 19.8 Å². The Morgan fingerprint density at radius 1 is 0.890 bits per heavy atom. The summed E-state index contributed by atoms with van der Waals surface area (Å²) in [6.07, 6.45) is 4.77. The fraction of sp³-hybridized carbons (Fsp3) is 0.431. The average Bonchev–Trinajstić information content (AvgIpc) is 3.84. The third kappa shape index (κ3) is 14.8. The zero-order chi connectivity index (χ0) is 52.5. The van der Waals surface area contributed by atoms with Crippen LogP contribution in [-0.2, 0) is 51.0 Å². The molecule has 1 aromatic heterocycles. The van der Waals surface area contributed by atoms with Crippen molar-refractivity contribution in [3.8, 4) is 16.2 Å². The molecule has 2 saturated heterocycles. The van der Waals surface area contributed by atoms with E-state index in [9.17, 15) is 47.1 Å². The predicted octanol–water partition coefficient (Wildman–Crippen LogP) is 6.77. The number of carbonyl (C=O) groups is 7. The second kappa shape index (κ2) is 24.0. The number of halogens is 1. The number of rotatable bonds is 22. The highest BCUT2D eigenvalue weighted by Crippen LogP contribution is 2.46. The first-order valence-electron chi connectivity index (χ1n) is 24.1. The topological polar surface area (TPSA) is 259 Å². The maximum atomic E-state index is 13.6. The number of carbonyl (C=O) groups excluding carboxylic acids is 6. The van der Waals surface area contributed by atoms with Crippen LogP contribution in [0.4, 0.5) is 17.1 Å². The highest BCUT2D eigenvalue weighted by Gasteiger charge is 2.39. The molecule has 0 aliphatic carbocycles. The van der Waals surface area contributed by atoms with Crippen molar-refractivity contribution < 1.29 is 56.6 Å². The summed E-state index contributed by atoms with van der Waals surface area (Å²) in [6, 6.07) is 18.6. The van der Waals surface area contributed by atoms with E-state index in [2.05, 4.69) is 26.6 Å². The number of anilines is 3. The Morgan fingerprint density at radius 3 is 2.37 bits per heavy atom. The minimum atomic E-state index is -3.68. The van der Waals surface area contributed by atoms with Gasteiger partial charge < -0.3 is 40.7 Å². The van der Waals surface area contributed by atoms with Gasteiger partial charge in [-0.2, -0.15) is 0 Å². The van der Waals surface area contributed by atoms with Crippen LogP contribution in [0.1, 0.15) is 110 Å². The molecule has 4 aromatic rings. The number of aliphatic carboxylic acids is 1. The molecule has 5 amide bonds.